The Morgan fingerprint density at radius 1 is 1.14 bits per heavy atom. The molecule has 1 N–H and O–H groups in total. The lowest BCUT2D eigenvalue weighted by molar-refractivity contribution is -0.119. The van der Waals surface area contributed by atoms with E-state index >= 15 is 0 Å². The molecule has 0 aliphatic rings. The quantitative estimate of drug-likeness (QED) is 0.296. The van der Waals surface area contributed by atoms with Gasteiger partial charge in [-0.15, -0.1) is 0 Å². The maximum Gasteiger partial charge on any atom is 0.260 e. The number of hydrogen-bond acceptors (Lipinski definition) is 6. The van der Waals surface area contributed by atoms with Gasteiger partial charge in [-0.1, -0.05) is 30.3 Å². The van der Waals surface area contributed by atoms with Gasteiger partial charge >= 0.3 is 0 Å². The second-order valence-corrected chi connectivity index (χ2v) is 10.1. The molecule has 3 aromatic rings. The van der Waals surface area contributed by atoms with Gasteiger partial charge < -0.3 is 9.47 Å². The van der Waals surface area contributed by atoms with E-state index in [1.54, 1.807) is 12.1 Å². The predicted molar refractivity (Wildman–Crippen MR) is 136 cm³/mol. The molecule has 0 aromatic heterocycles. The van der Waals surface area contributed by atoms with Crippen molar-refractivity contribution >= 4 is 43.8 Å². The third-order valence-corrected chi connectivity index (χ3v) is 6.41. The Bertz CT molecular complexity index is 1300. The molecular weight excluding hydrogens is 541 g/mol. The predicted octanol–water partition coefficient (Wildman–Crippen LogP) is 4.09. The van der Waals surface area contributed by atoms with Crippen molar-refractivity contribution in [2.24, 2.45) is 5.10 Å². The van der Waals surface area contributed by atoms with E-state index in [0.29, 0.717) is 28.1 Å². The van der Waals surface area contributed by atoms with Crippen LogP contribution in [0, 0.1) is 5.82 Å². The molecular formula is C24H23BrFN3O5S. The molecule has 0 saturated carbocycles. The Labute approximate surface area is 211 Å². The van der Waals surface area contributed by atoms with Crippen LogP contribution in [0.1, 0.15) is 11.1 Å². The van der Waals surface area contributed by atoms with Crippen LogP contribution in [-0.4, -0.2) is 40.4 Å². The van der Waals surface area contributed by atoms with Crippen LogP contribution in [0.2, 0.25) is 0 Å². The van der Waals surface area contributed by atoms with Gasteiger partial charge in [0, 0.05) is 0 Å². The highest BCUT2D eigenvalue weighted by molar-refractivity contribution is 9.10. The number of methoxy groups -OCH3 is 1. The molecule has 0 unspecified atom stereocenters. The molecule has 0 spiro atoms. The van der Waals surface area contributed by atoms with Crippen molar-refractivity contribution in [3.8, 4) is 11.5 Å². The van der Waals surface area contributed by atoms with Crippen molar-refractivity contribution < 1.29 is 27.1 Å². The highest BCUT2D eigenvalue weighted by atomic mass is 79.9. The lowest BCUT2D eigenvalue weighted by Gasteiger charge is -2.21. The Kier molecular flexibility index (Phi) is 8.83. The van der Waals surface area contributed by atoms with Gasteiger partial charge in [-0.25, -0.2) is 18.2 Å². The third-order valence-electron chi connectivity index (χ3n) is 4.68. The number of nitrogens with one attached hydrogen (secondary N) is 1. The van der Waals surface area contributed by atoms with Crippen molar-refractivity contribution in [2.75, 3.05) is 24.2 Å². The maximum atomic E-state index is 13.2. The normalized spacial score (nSPS) is 11.3. The van der Waals surface area contributed by atoms with Gasteiger partial charge in [-0.3, -0.25) is 9.10 Å². The zero-order valence-electron chi connectivity index (χ0n) is 18.9. The second-order valence-electron chi connectivity index (χ2n) is 7.35. The van der Waals surface area contributed by atoms with Crippen LogP contribution < -0.4 is 19.2 Å². The largest absolute Gasteiger partial charge is 0.493 e. The first-order valence-corrected chi connectivity index (χ1v) is 12.9. The minimum absolute atomic E-state index is 0.160. The van der Waals surface area contributed by atoms with Crippen molar-refractivity contribution in [1.29, 1.82) is 0 Å². The average molecular weight is 564 g/mol. The van der Waals surface area contributed by atoms with Crippen molar-refractivity contribution in [3.63, 3.8) is 0 Å². The molecule has 0 saturated heterocycles. The topological polar surface area (TPSA) is 97.3 Å². The minimum atomic E-state index is -3.79. The number of amides is 1. The number of halogens is 2. The van der Waals surface area contributed by atoms with Crippen LogP contribution in [-0.2, 0) is 21.4 Å². The van der Waals surface area contributed by atoms with Crippen LogP contribution >= 0.6 is 15.9 Å². The van der Waals surface area contributed by atoms with E-state index in [-0.39, 0.29) is 5.69 Å². The van der Waals surface area contributed by atoms with Gasteiger partial charge in [0.25, 0.3) is 5.91 Å². The molecule has 184 valence electrons. The fourth-order valence-corrected chi connectivity index (χ4v) is 4.47. The standard InChI is InChI=1S/C24H23BrFN3O5S/c1-33-22-13-18(12-21(25)24(22)34-16-17-6-4-3-5-7-17)14-27-28-23(30)15-29(35(2,31)32)20-10-8-19(26)9-11-20/h3-14H,15-16H2,1-2H3,(H,28,30)/b27-14-. The summed E-state index contributed by atoms with van der Waals surface area (Å²) in [6, 6.07) is 17.9. The van der Waals surface area contributed by atoms with Crippen molar-refractivity contribution in [1.82, 2.24) is 5.43 Å². The van der Waals surface area contributed by atoms with E-state index in [1.165, 1.54) is 25.5 Å². The molecule has 0 radical (unpaired) electrons. The fourth-order valence-electron chi connectivity index (χ4n) is 3.04. The van der Waals surface area contributed by atoms with Gasteiger partial charge in [0.05, 0.1) is 29.7 Å². The summed E-state index contributed by atoms with van der Waals surface area (Å²) in [5, 5.41) is 3.90. The summed E-state index contributed by atoms with van der Waals surface area (Å²) < 4.78 is 50.2. The summed E-state index contributed by atoms with van der Waals surface area (Å²) >= 11 is 3.46. The Balaban J connectivity index is 1.67. The Hall–Kier alpha value is -3.44. The molecule has 0 atom stereocenters. The Morgan fingerprint density at radius 3 is 2.46 bits per heavy atom. The smallest absolute Gasteiger partial charge is 0.260 e. The number of rotatable bonds is 10. The number of carbonyl (C=O) groups excluding carboxylic acids is 1. The first kappa shape index (κ1) is 26.2. The molecule has 0 aliphatic heterocycles. The van der Waals surface area contributed by atoms with Crippen molar-refractivity contribution in [2.45, 2.75) is 6.61 Å². The van der Waals surface area contributed by atoms with Crippen molar-refractivity contribution in [3.05, 3.63) is 88.1 Å². The monoisotopic (exact) mass is 563 g/mol. The lowest BCUT2D eigenvalue weighted by atomic mass is 10.2. The zero-order chi connectivity index (χ0) is 25.4. The highest BCUT2D eigenvalue weighted by Gasteiger charge is 2.20. The molecule has 3 aromatic carbocycles. The number of nitrogens with zero attached hydrogens (tertiary/aromatic N) is 2. The summed E-state index contributed by atoms with van der Waals surface area (Å²) in [4.78, 5) is 12.3. The minimum Gasteiger partial charge on any atom is -0.493 e. The van der Waals surface area contributed by atoms with E-state index in [4.69, 9.17) is 9.47 Å². The molecule has 1 amide bonds. The van der Waals surface area contributed by atoms with Crippen LogP contribution in [0.15, 0.2) is 76.3 Å². The van der Waals surface area contributed by atoms with Gasteiger partial charge in [-0.2, -0.15) is 5.10 Å². The first-order chi connectivity index (χ1) is 16.7. The fraction of sp³-hybridized carbons (Fsp3) is 0.167. The number of benzene rings is 3. The SMILES string of the molecule is COc1cc(/C=N\NC(=O)CN(c2ccc(F)cc2)S(C)(=O)=O)cc(Br)c1OCc1ccccc1. The van der Waals surface area contributed by atoms with E-state index in [1.807, 2.05) is 30.3 Å². The van der Waals surface area contributed by atoms with Crippen LogP contribution in [0.4, 0.5) is 10.1 Å². The third kappa shape index (κ3) is 7.52. The number of sulfonamides is 1. The van der Waals surface area contributed by atoms with E-state index in [2.05, 4.69) is 26.5 Å². The molecule has 0 bridgehead atoms. The highest BCUT2D eigenvalue weighted by Crippen LogP contribution is 2.36. The number of hydrazone groups is 1. The molecule has 8 nitrogen and oxygen atoms in total. The number of hydrogen-bond donors (Lipinski definition) is 1. The van der Waals surface area contributed by atoms with E-state index < -0.39 is 28.3 Å². The zero-order valence-corrected chi connectivity index (χ0v) is 21.3. The summed E-state index contributed by atoms with van der Waals surface area (Å²) in [6.45, 7) is -0.175. The number of carbonyl (C=O) groups is 1. The summed E-state index contributed by atoms with van der Waals surface area (Å²) in [6.07, 6.45) is 2.34. The maximum absolute atomic E-state index is 13.2. The molecule has 0 fully saturated rings. The van der Waals surface area contributed by atoms with Crippen LogP contribution in [0.25, 0.3) is 0 Å². The van der Waals surface area contributed by atoms with Crippen LogP contribution in [0.3, 0.4) is 0 Å². The summed E-state index contributed by atoms with van der Waals surface area (Å²) in [5.74, 6) is -0.220. The number of ether oxygens (including phenoxy) is 2. The Morgan fingerprint density at radius 2 is 1.83 bits per heavy atom. The van der Waals surface area contributed by atoms with Gasteiger partial charge in [0.2, 0.25) is 10.0 Å². The van der Waals surface area contributed by atoms with Crippen LogP contribution in [0.5, 0.6) is 11.5 Å². The second kappa shape index (κ2) is 11.8. The average Bonchev–Trinajstić information content (AvgIpc) is 2.82. The van der Waals surface area contributed by atoms with E-state index in [9.17, 15) is 17.6 Å². The molecule has 0 aliphatic carbocycles. The summed E-state index contributed by atoms with van der Waals surface area (Å²) in [7, 11) is -2.28. The molecule has 3 rings (SSSR count). The van der Waals surface area contributed by atoms with Gasteiger partial charge in [-0.05, 0) is 63.5 Å². The summed E-state index contributed by atoms with van der Waals surface area (Å²) in [5.41, 5.74) is 4.05. The molecule has 35 heavy (non-hydrogen) atoms. The lowest BCUT2D eigenvalue weighted by Crippen LogP contribution is -2.39. The molecule has 0 heterocycles. The number of anilines is 1. The van der Waals surface area contributed by atoms with Gasteiger partial charge in [0.15, 0.2) is 11.5 Å². The molecule has 11 heteroatoms. The first-order valence-electron chi connectivity index (χ1n) is 10.3. The van der Waals surface area contributed by atoms with E-state index in [0.717, 1.165) is 28.3 Å². The van der Waals surface area contributed by atoms with Gasteiger partial charge in [0.1, 0.15) is 19.0 Å².